The van der Waals surface area contributed by atoms with Gasteiger partial charge in [-0.25, -0.2) is 0 Å². The summed E-state index contributed by atoms with van der Waals surface area (Å²) in [6, 6.07) is 14.9. The Morgan fingerprint density at radius 2 is 1.67 bits per heavy atom. The zero-order valence-corrected chi connectivity index (χ0v) is 13.4. The molecule has 0 atom stereocenters. The van der Waals surface area contributed by atoms with E-state index in [-0.39, 0.29) is 0 Å². The Morgan fingerprint density at radius 1 is 0.952 bits per heavy atom. The molecule has 0 aliphatic carbocycles. The maximum Gasteiger partial charge on any atom is 0.0359 e. The van der Waals surface area contributed by atoms with Gasteiger partial charge in [0.25, 0.3) is 0 Å². The maximum atomic E-state index is 6.09. The summed E-state index contributed by atoms with van der Waals surface area (Å²) in [5.41, 5.74) is 12.3. The average Bonchev–Trinajstić information content (AvgIpc) is 2.45. The minimum absolute atomic E-state index is 0.888. The molecule has 2 rings (SSSR count). The average molecular weight is 282 g/mol. The first-order valence-corrected chi connectivity index (χ1v) is 7.72. The Bertz CT molecular complexity index is 590. The van der Waals surface area contributed by atoms with Crippen molar-refractivity contribution in [3.63, 3.8) is 0 Å². The summed E-state index contributed by atoms with van der Waals surface area (Å²) in [7, 11) is 0. The molecule has 0 aliphatic rings. The summed E-state index contributed by atoms with van der Waals surface area (Å²) in [5.74, 6) is 0. The van der Waals surface area contributed by atoms with Gasteiger partial charge in [-0.3, -0.25) is 4.90 Å². The highest BCUT2D eigenvalue weighted by Gasteiger charge is 2.09. The third kappa shape index (κ3) is 4.33. The van der Waals surface area contributed by atoms with Crippen molar-refractivity contribution >= 4 is 5.69 Å². The van der Waals surface area contributed by atoms with Crippen LogP contribution in [-0.2, 0) is 13.1 Å². The monoisotopic (exact) mass is 282 g/mol. The molecule has 0 fully saturated rings. The highest BCUT2D eigenvalue weighted by molar-refractivity contribution is 5.46. The van der Waals surface area contributed by atoms with E-state index in [1.807, 2.05) is 12.1 Å². The molecule has 0 radical (unpaired) electrons. The molecule has 2 N–H and O–H groups in total. The van der Waals surface area contributed by atoms with E-state index in [0.29, 0.717) is 0 Å². The summed E-state index contributed by atoms with van der Waals surface area (Å²) < 4.78 is 0. The summed E-state index contributed by atoms with van der Waals surface area (Å²) in [4.78, 5) is 2.48. The molecular formula is C19H26N2. The number of nitrogen functional groups attached to an aromatic ring is 1. The number of para-hydroxylation sites is 1. The van der Waals surface area contributed by atoms with Crippen LogP contribution in [0.2, 0.25) is 0 Å². The second-order valence-electron chi connectivity index (χ2n) is 5.84. The first kappa shape index (κ1) is 15.6. The van der Waals surface area contributed by atoms with E-state index in [0.717, 1.165) is 31.7 Å². The van der Waals surface area contributed by atoms with Crippen LogP contribution in [0.3, 0.4) is 0 Å². The highest BCUT2D eigenvalue weighted by atomic mass is 15.1. The summed E-state index contributed by atoms with van der Waals surface area (Å²) in [6.07, 6.45) is 1.15. The molecule has 2 nitrogen and oxygen atoms in total. The summed E-state index contributed by atoms with van der Waals surface area (Å²) >= 11 is 0. The Balaban J connectivity index is 2.16. The number of nitrogens with zero attached hydrogens (tertiary/aromatic N) is 1. The lowest BCUT2D eigenvalue weighted by Gasteiger charge is -2.23. The molecule has 0 aliphatic heterocycles. The van der Waals surface area contributed by atoms with Gasteiger partial charge in [0.15, 0.2) is 0 Å². The van der Waals surface area contributed by atoms with Gasteiger partial charge in [-0.1, -0.05) is 48.9 Å². The number of anilines is 1. The van der Waals surface area contributed by atoms with Crippen LogP contribution in [0.4, 0.5) is 5.69 Å². The topological polar surface area (TPSA) is 29.3 Å². The van der Waals surface area contributed by atoms with Crippen molar-refractivity contribution in [2.24, 2.45) is 0 Å². The number of aryl methyl sites for hydroxylation is 2. The first-order chi connectivity index (χ1) is 10.1. The molecule has 0 saturated heterocycles. The third-order valence-corrected chi connectivity index (χ3v) is 3.89. The second-order valence-corrected chi connectivity index (χ2v) is 5.84. The van der Waals surface area contributed by atoms with E-state index in [9.17, 15) is 0 Å². The van der Waals surface area contributed by atoms with E-state index in [2.05, 4.69) is 56.0 Å². The molecule has 2 heteroatoms. The second kappa shape index (κ2) is 7.28. The lowest BCUT2D eigenvalue weighted by atomic mass is 10.0. The fourth-order valence-corrected chi connectivity index (χ4v) is 2.66. The lowest BCUT2D eigenvalue weighted by Crippen LogP contribution is -2.24. The van der Waals surface area contributed by atoms with Crippen LogP contribution in [0.25, 0.3) is 0 Å². The van der Waals surface area contributed by atoms with Crippen LogP contribution in [0.1, 0.15) is 35.6 Å². The largest absolute Gasteiger partial charge is 0.398 e. The van der Waals surface area contributed by atoms with Crippen molar-refractivity contribution in [3.8, 4) is 0 Å². The van der Waals surface area contributed by atoms with Crippen molar-refractivity contribution in [1.82, 2.24) is 4.90 Å². The molecule has 0 spiro atoms. The Morgan fingerprint density at radius 3 is 2.38 bits per heavy atom. The molecule has 21 heavy (non-hydrogen) atoms. The molecule has 0 saturated carbocycles. The number of benzene rings is 2. The molecule has 2 aromatic carbocycles. The fourth-order valence-electron chi connectivity index (χ4n) is 2.66. The minimum Gasteiger partial charge on any atom is -0.398 e. The smallest absolute Gasteiger partial charge is 0.0359 e. The molecule has 0 bridgehead atoms. The molecule has 0 heterocycles. The number of hydrogen-bond donors (Lipinski definition) is 1. The Kier molecular flexibility index (Phi) is 5.40. The molecular weight excluding hydrogens is 256 g/mol. The minimum atomic E-state index is 0.888. The lowest BCUT2D eigenvalue weighted by molar-refractivity contribution is 0.257. The van der Waals surface area contributed by atoms with E-state index in [1.54, 1.807) is 0 Å². The van der Waals surface area contributed by atoms with Crippen LogP contribution < -0.4 is 5.73 Å². The van der Waals surface area contributed by atoms with Crippen molar-refractivity contribution in [2.45, 2.75) is 40.3 Å². The zero-order valence-electron chi connectivity index (χ0n) is 13.4. The normalized spacial score (nSPS) is 11.0. The van der Waals surface area contributed by atoms with Crippen LogP contribution in [-0.4, -0.2) is 11.4 Å². The van der Waals surface area contributed by atoms with E-state index in [4.69, 9.17) is 5.73 Å². The van der Waals surface area contributed by atoms with Gasteiger partial charge >= 0.3 is 0 Å². The standard InChI is InChI=1S/C19H26N2/c1-4-11-21(13-17-7-5-6-8-19(17)20)14-18-12-15(2)9-10-16(18)3/h5-10,12H,4,11,13-14,20H2,1-3H3. The summed E-state index contributed by atoms with van der Waals surface area (Å²) in [6.45, 7) is 9.55. The third-order valence-electron chi connectivity index (χ3n) is 3.89. The Hall–Kier alpha value is -1.80. The predicted octanol–water partition coefficient (Wildman–Crippen LogP) is 4.30. The quantitative estimate of drug-likeness (QED) is 0.800. The zero-order chi connectivity index (χ0) is 15.2. The summed E-state index contributed by atoms with van der Waals surface area (Å²) in [5, 5.41) is 0. The van der Waals surface area contributed by atoms with Crippen LogP contribution in [0.5, 0.6) is 0 Å². The molecule has 0 aromatic heterocycles. The van der Waals surface area contributed by atoms with Gasteiger partial charge < -0.3 is 5.73 Å². The van der Waals surface area contributed by atoms with Gasteiger partial charge in [-0.15, -0.1) is 0 Å². The SMILES string of the molecule is CCCN(Cc1cc(C)ccc1C)Cc1ccccc1N. The first-order valence-electron chi connectivity index (χ1n) is 7.72. The fraction of sp³-hybridized carbons (Fsp3) is 0.368. The maximum absolute atomic E-state index is 6.09. The molecule has 0 unspecified atom stereocenters. The van der Waals surface area contributed by atoms with E-state index >= 15 is 0 Å². The predicted molar refractivity (Wildman–Crippen MR) is 91.2 cm³/mol. The van der Waals surface area contributed by atoms with Crippen LogP contribution in [0.15, 0.2) is 42.5 Å². The van der Waals surface area contributed by atoms with Gasteiger partial charge in [-0.05, 0) is 49.6 Å². The van der Waals surface area contributed by atoms with Gasteiger partial charge in [0.05, 0.1) is 0 Å². The Labute approximate surface area is 128 Å². The molecule has 112 valence electrons. The van der Waals surface area contributed by atoms with Crippen LogP contribution >= 0.6 is 0 Å². The van der Waals surface area contributed by atoms with E-state index < -0.39 is 0 Å². The number of rotatable bonds is 6. The van der Waals surface area contributed by atoms with Crippen LogP contribution in [0, 0.1) is 13.8 Å². The highest BCUT2D eigenvalue weighted by Crippen LogP contribution is 2.18. The number of hydrogen-bond acceptors (Lipinski definition) is 2. The van der Waals surface area contributed by atoms with Gasteiger partial charge in [0, 0.05) is 18.8 Å². The van der Waals surface area contributed by atoms with Crippen molar-refractivity contribution in [1.29, 1.82) is 0 Å². The van der Waals surface area contributed by atoms with Gasteiger partial charge in [0.2, 0.25) is 0 Å². The van der Waals surface area contributed by atoms with Gasteiger partial charge in [-0.2, -0.15) is 0 Å². The number of nitrogens with two attached hydrogens (primary N) is 1. The van der Waals surface area contributed by atoms with Crippen molar-refractivity contribution < 1.29 is 0 Å². The van der Waals surface area contributed by atoms with Crippen molar-refractivity contribution in [2.75, 3.05) is 12.3 Å². The molecule has 2 aromatic rings. The molecule has 0 amide bonds. The van der Waals surface area contributed by atoms with Crippen molar-refractivity contribution in [3.05, 3.63) is 64.7 Å². The van der Waals surface area contributed by atoms with Gasteiger partial charge in [0.1, 0.15) is 0 Å². The van der Waals surface area contributed by atoms with E-state index in [1.165, 1.54) is 22.3 Å².